The number of alkyl halides is 3. The molecule has 12 heteroatoms. The van der Waals surface area contributed by atoms with Crippen molar-refractivity contribution in [1.82, 2.24) is 9.71 Å². The summed E-state index contributed by atoms with van der Waals surface area (Å²) < 4.78 is 66.7. The second-order valence-electron chi connectivity index (χ2n) is 8.20. The fourth-order valence-corrected chi connectivity index (χ4v) is 6.18. The number of fused-ring (bicyclic) bond motifs is 1. The molecule has 2 aliphatic carbocycles. The Morgan fingerprint density at radius 3 is 2.56 bits per heavy atom. The van der Waals surface area contributed by atoms with E-state index in [0.717, 1.165) is 41.3 Å². The molecule has 182 valence electrons. The molecule has 1 aromatic heterocycles. The van der Waals surface area contributed by atoms with Crippen LogP contribution in [-0.2, 0) is 29.0 Å². The summed E-state index contributed by atoms with van der Waals surface area (Å²) in [4.78, 5) is 8.14. The van der Waals surface area contributed by atoms with Gasteiger partial charge in [0, 0.05) is 25.2 Å². The van der Waals surface area contributed by atoms with Crippen LogP contribution in [0, 0.1) is 5.92 Å². The molecule has 6 nitrogen and oxygen atoms in total. The third-order valence-electron chi connectivity index (χ3n) is 5.55. The lowest BCUT2D eigenvalue weighted by Gasteiger charge is -2.15. The van der Waals surface area contributed by atoms with Crippen molar-refractivity contribution in [2.75, 3.05) is 12.4 Å². The standard InChI is InChI=1S/C22H22ClF3N4O2S2/c1-12(33-21(27-2)13-3-4-13)30-34(31,32)18-6-5-14-7-17(8-15(14)9-18)29-20-19(23)10-16(11-28-20)22(24,25)26/h5-6,9-11,13,17,30H,1,3-4,7-8H2,2H3,(H,28,29)/b27-21-. The summed E-state index contributed by atoms with van der Waals surface area (Å²) in [6.45, 7) is 3.82. The minimum atomic E-state index is -4.53. The zero-order chi connectivity index (χ0) is 24.7. The van der Waals surface area contributed by atoms with Crippen molar-refractivity contribution in [2.24, 2.45) is 10.9 Å². The van der Waals surface area contributed by atoms with Gasteiger partial charge >= 0.3 is 6.18 Å². The zero-order valence-corrected chi connectivity index (χ0v) is 20.5. The Kier molecular flexibility index (Phi) is 6.90. The molecule has 1 fully saturated rings. The van der Waals surface area contributed by atoms with Crippen LogP contribution >= 0.6 is 23.4 Å². The maximum Gasteiger partial charge on any atom is 0.417 e. The largest absolute Gasteiger partial charge is 0.417 e. The molecular formula is C22H22ClF3N4O2S2. The minimum Gasteiger partial charge on any atom is -0.365 e. The van der Waals surface area contributed by atoms with E-state index in [1.807, 2.05) is 0 Å². The lowest BCUT2D eigenvalue weighted by molar-refractivity contribution is -0.137. The molecule has 2 aromatic rings. The van der Waals surface area contributed by atoms with Gasteiger partial charge in [-0.05, 0) is 55.0 Å². The molecule has 0 amide bonds. The Bertz CT molecular complexity index is 1260. The number of aromatic nitrogens is 1. The van der Waals surface area contributed by atoms with Gasteiger partial charge in [0.25, 0.3) is 10.0 Å². The summed E-state index contributed by atoms with van der Waals surface area (Å²) >= 11 is 7.23. The van der Waals surface area contributed by atoms with Gasteiger partial charge in [-0.2, -0.15) is 13.2 Å². The van der Waals surface area contributed by atoms with E-state index in [-0.39, 0.29) is 26.8 Å². The summed E-state index contributed by atoms with van der Waals surface area (Å²) in [6, 6.07) is 5.52. The Labute approximate surface area is 205 Å². The molecule has 0 spiro atoms. The highest BCUT2D eigenvalue weighted by molar-refractivity contribution is 8.17. The lowest BCUT2D eigenvalue weighted by Crippen LogP contribution is -2.22. The predicted octanol–water partition coefficient (Wildman–Crippen LogP) is 5.25. The van der Waals surface area contributed by atoms with Crippen molar-refractivity contribution < 1.29 is 21.6 Å². The van der Waals surface area contributed by atoms with Crippen molar-refractivity contribution >= 4 is 44.2 Å². The number of halogens is 4. The summed E-state index contributed by atoms with van der Waals surface area (Å²) in [5, 5.41) is 4.09. The summed E-state index contributed by atoms with van der Waals surface area (Å²) in [6.07, 6.45) is -0.666. The van der Waals surface area contributed by atoms with Crippen LogP contribution in [0.3, 0.4) is 0 Å². The van der Waals surface area contributed by atoms with Crippen LogP contribution in [0.4, 0.5) is 19.0 Å². The van der Waals surface area contributed by atoms with Crippen LogP contribution in [0.1, 0.15) is 29.5 Å². The fourth-order valence-electron chi connectivity index (χ4n) is 3.75. The number of benzene rings is 1. The number of nitrogens with one attached hydrogen (secondary N) is 2. The van der Waals surface area contributed by atoms with Gasteiger partial charge in [-0.25, -0.2) is 13.4 Å². The van der Waals surface area contributed by atoms with E-state index >= 15 is 0 Å². The maximum atomic E-state index is 12.9. The highest BCUT2D eigenvalue weighted by atomic mass is 35.5. The lowest BCUT2D eigenvalue weighted by atomic mass is 10.1. The monoisotopic (exact) mass is 530 g/mol. The molecular weight excluding hydrogens is 509 g/mol. The molecule has 1 unspecified atom stereocenters. The number of sulfonamides is 1. The molecule has 1 heterocycles. The molecule has 0 saturated heterocycles. The number of nitrogens with zero attached hydrogens (tertiary/aromatic N) is 2. The van der Waals surface area contributed by atoms with Gasteiger partial charge in [-0.1, -0.05) is 36.0 Å². The first-order chi connectivity index (χ1) is 16.0. The maximum absolute atomic E-state index is 12.9. The smallest absolute Gasteiger partial charge is 0.365 e. The van der Waals surface area contributed by atoms with Crippen molar-refractivity contribution in [1.29, 1.82) is 0 Å². The number of aliphatic imine (C=N–C) groups is 1. The van der Waals surface area contributed by atoms with Crippen LogP contribution in [0.5, 0.6) is 0 Å². The number of pyridine rings is 1. The topological polar surface area (TPSA) is 83.5 Å². The van der Waals surface area contributed by atoms with Crippen LogP contribution < -0.4 is 10.0 Å². The fraction of sp³-hybridized carbons (Fsp3) is 0.364. The first-order valence-corrected chi connectivity index (χ1v) is 13.1. The van der Waals surface area contributed by atoms with E-state index in [2.05, 4.69) is 26.6 Å². The zero-order valence-electron chi connectivity index (χ0n) is 18.1. The SMILES string of the molecule is C=C(NS(=O)(=O)c1ccc2c(c1)CC(Nc1ncc(C(F)(F)F)cc1Cl)C2)S/C(=N\C)C1CC1. The Hall–Kier alpha value is -2.24. The van der Waals surface area contributed by atoms with Crippen LogP contribution in [-0.4, -0.2) is 31.5 Å². The van der Waals surface area contributed by atoms with Gasteiger partial charge in [0.05, 0.1) is 25.6 Å². The highest BCUT2D eigenvalue weighted by Crippen LogP contribution is 2.37. The van der Waals surface area contributed by atoms with Crippen molar-refractivity contribution in [2.45, 2.75) is 42.8 Å². The molecule has 2 aliphatic rings. The molecule has 0 radical (unpaired) electrons. The van der Waals surface area contributed by atoms with Gasteiger partial charge in [0.2, 0.25) is 0 Å². The number of hydrogen-bond donors (Lipinski definition) is 2. The van der Waals surface area contributed by atoms with E-state index in [1.54, 1.807) is 19.2 Å². The second-order valence-corrected chi connectivity index (χ2v) is 11.4. The average molecular weight is 531 g/mol. The first-order valence-electron chi connectivity index (χ1n) is 10.4. The molecule has 4 rings (SSSR count). The number of anilines is 1. The number of rotatable bonds is 7. The van der Waals surface area contributed by atoms with Crippen LogP contribution in [0.15, 0.2) is 52.0 Å². The van der Waals surface area contributed by atoms with Crippen molar-refractivity contribution in [3.8, 4) is 0 Å². The Morgan fingerprint density at radius 1 is 1.24 bits per heavy atom. The third-order valence-corrected chi connectivity index (χ3v) is 8.43. The normalized spacial score (nSPS) is 18.5. The van der Waals surface area contributed by atoms with E-state index < -0.39 is 21.8 Å². The van der Waals surface area contributed by atoms with Gasteiger partial charge in [0.1, 0.15) is 5.82 Å². The third kappa shape index (κ3) is 5.69. The summed E-state index contributed by atoms with van der Waals surface area (Å²) in [5.74, 6) is 0.535. The van der Waals surface area contributed by atoms with E-state index in [1.165, 1.54) is 17.8 Å². The van der Waals surface area contributed by atoms with E-state index in [9.17, 15) is 21.6 Å². The molecule has 0 bridgehead atoms. The Morgan fingerprint density at radius 2 is 1.94 bits per heavy atom. The van der Waals surface area contributed by atoms with E-state index in [4.69, 9.17) is 11.6 Å². The molecule has 34 heavy (non-hydrogen) atoms. The van der Waals surface area contributed by atoms with Gasteiger partial charge < -0.3 is 5.32 Å². The van der Waals surface area contributed by atoms with Crippen LogP contribution in [0.25, 0.3) is 0 Å². The van der Waals surface area contributed by atoms with Gasteiger partial charge in [-0.3, -0.25) is 9.71 Å². The van der Waals surface area contributed by atoms with Gasteiger partial charge in [-0.15, -0.1) is 0 Å². The summed E-state index contributed by atoms with van der Waals surface area (Å²) in [7, 11) is -2.15. The average Bonchev–Trinajstić information content (AvgIpc) is 3.51. The quantitative estimate of drug-likeness (QED) is 0.377. The molecule has 2 N–H and O–H groups in total. The Balaban J connectivity index is 1.42. The number of hydrogen-bond acceptors (Lipinski definition) is 6. The van der Waals surface area contributed by atoms with E-state index in [0.29, 0.717) is 18.8 Å². The van der Waals surface area contributed by atoms with Crippen molar-refractivity contribution in [3.63, 3.8) is 0 Å². The predicted molar refractivity (Wildman–Crippen MR) is 129 cm³/mol. The summed E-state index contributed by atoms with van der Waals surface area (Å²) in [5.41, 5.74) is 0.853. The first kappa shape index (κ1) is 24.9. The highest BCUT2D eigenvalue weighted by Gasteiger charge is 2.32. The van der Waals surface area contributed by atoms with Crippen LogP contribution in [0.2, 0.25) is 5.02 Å². The molecule has 1 aromatic carbocycles. The number of thioether (sulfide) groups is 1. The molecule has 0 aliphatic heterocycles. The van der Waals surface area contributed by atoms with Crippen molar-refractivity contribution in [3.05, 3.63) is 63.8 Å². The van der Waals surface area contributed by atoms with Gasteiger partial charge in [0.15, 0.2) is 0 Å². The minimum absolute atomic E-state index is 0.112. The second kappa shape index (κ2) is 9.43. The molecule has 1 atom stereocenters. The molecule has 1 saturated carbocycles.